The number of rotatable bonds is 7. The number of carbonyl (C=O) groups is 2. The number of amides is 2. The zero-order valence-corrected chi connectivity index (χ0v) is 21.7. The molecular formula is C25H18Cl2F7N3O3. The van der Waals surface area contributed by atoms with Crippen LogP contribution in [0.4, 0.5) is 42.1 Å². The van der Waals surface area contributed by atoms with Crippen LogP contribution in [0.2, 0.25) is 10.0 Å². The first kappa shape index (κ1) is 31.0. The molecule has 1 N–H and O–H groups in total. The molecule has 0 aliphatic heterocycles. The molecular weight excluding hydrogens is 594 g/mol. The van der Waals surface area contributed by atoms with E-state index in [0.29, 0.717) is 11.2 Å². The predicted octanol–water partition coefficient (Wildman–Crippen LogP) is 7.23. The van der Waals surface area contributed by atoms with Crippen molar-refractivity contribution in [3.8, 4) is 0 Å². The van der Waals surface area contributed by atoms with Gasteiger partial charge in [-0.1, -0.05) is 36.2 Å². The summed E-state index contributed by atoms with van der Waals surface area (Å²) in [4.78, 5) is 27.3. The second-order valence-electron chi connectivity index (χ2n) is 8.38. The maximum atomic E-state index is 14.4. The highest BCUT2D eigenvalue weighted by molar-refractivity contribution is 6.40. The molecule has 2 amide bonds. The number of hydrogen-bond acceptors (Lipinski definition) is 3. The Morgan fingerprint density at radius 3 is 2.02 bits per heavy atom. The Hall–Kier alpha value is -3.58. The predicted molar refractivity (Wildman–Crippen MR) is 133 cm³/mol. The Labute approximate surface area is 232 Å². The minimum absolute atomic E-state index is 0.0705. The van der Waals surface area contributed by atoms with Crippen LogP contribution in [0, 0.1) is 5.21 Å². The van der Waals surface area contributed by atoms with E-state index in [4.69, 9.17) is 23.2 Å². The number of carbonyl (C=O) groups excluding carboxylic acids is 2. The summed E-state index contributed by atoms with van der Waals surface area (Å²) >= 11 is 11.7. The van der Waals surface area contributed by atoms with Gasteiger partial charge in [-0.15, -0.1) is 0 Å². The molecule has 0 spiro atoms. The molecule has 0 unspecified atom stereocenters. The third-order valence-corrected chi connectivity index (χ3v) is 6.19. The van der Waals surface area contributed by atoms with Crippen LogP contribution in [0.5, 0.6) is 0 Å². The molecule has 0 aliphatic carbocycles. The molecule has 3 aromatic rings. The van der Waals surface area contributed by atoms with Gasteiger partial charge in [0.1, 0.15) is 5.56 Å². The van der Waals surface area contributed by atoms with E-state index in [1.165, 1.54) is 47.5 Å². The normalized spacial score (nSPS) is 12.2. The molecule has 0 atom stereocenters. The number of pyridine rings is 1. The number of halogens is 9. The van der Waals surface area contributed by atoms with E-state index in [1.807, 2.05) is 0 Å². The molecule has 1 aromatic heterocycles. The Kier molecular flexibility index (Phi) is 8.90. The topological polar surface area (TPSA) is 76.3 Å². The molecule has 0 bridgehead atoms. The molecule has 1 heterocycles. The summed E-state index contributed by atoms with van der Waals surface area (Å²) in [5.41, 5.74) is -8.05. The van der Waals surface area contributed by atoms with Gasteiger partial charge in [-0.25, -0.2) is 4.39 Å². The molecule has 40 heavy (non-hydrogen) atoms. The van der Waals surface area contributed by atoms with Crippen LogP contribution in [0.25, 0.3) is 0 Å². The lowest BCUT2D eigenvalue weighted by atomic mass is 9.94. The van der Waals surface area contributed by atoms with E-state index < -0.39 is 51.1 Å². The SMILES string of the molecule is CCCN(C(=O)c1ccc[n+]([O-])c1)c1cccc(C(=O)Nc2c(Cl)cc(C(F)(C(F)(F)F)C(F)(F)F)cc2Cl)c1. The third kappa shape index (κ3) is 6.09. The quantitative estimate of drug-likeness (QED) is 0.174. The van der Waals surface area contributed by atoms with Crippen molar-refractivity contribution in [1.29, 1.82) is 0 Å². The van der Waals surface area contributed by atoms with Gasteiger partial charge in [-0.05, 0) is 42.8 Å². The summed E-state index contributed by atoms with van der Waals surface area (Å²) in [5.74, 6) is -1.49. The summed E-state index contributed by atoms with van der Waals surface area (Å²) in [6.45, 7) is 1.98. The van der Waals surface area contributed by atoms with Gasteiger partial charge in [0.2, 0.25) is 0 Å². The molecule has 3 rings (SSSR count). The van der Waals surface area contributed by atoms with Gasteiger partial charge in [-0.2, -0.15) is 31.1 Å². The van der Waals surface area contributed by atoms with Crippen molar-refractivity contribution >= 4 is 46.4 Å². The summed E-state index contributed by atoms with van der Waals surface area (Å²) in [5, 5.41) is 12.0. The van der Waals surface area contributed by atoms with Crippen LogP contribution in [-0.4, -0.2) is 30.7 Å². The number of alkyl halides is 7. The molecule has 6 nitrogen and oxygen atoms in total. The average molecular weight is 612 g/mol. The van der Waals surface area contributed by atoms with E-state index in [2.05, 4.69) is 5.32 Å². The van der Waals surface area contributed by atoms with Crippen LogP contribution in [0.1, 0.15) is 39.6 Å². The van der Waals surface area contributed by atoms with Crippen molar-refractivity contribution in [1.82, 2.24) is 0 Å². The molecule has 0 radical (unpaired) electrons. The fourth-order valence-corrected chi connectivity index (χ4v) is 4.27. The second kappa shape index (κ2) is 11.5. The number of anilines is 2. The van der Waals surface area contributed by atoms with Crippen molar-refractivity contribution in [3.63, 3.8) is 0 Å². The Bertz CT molecular complexity index is 1390. The number of nitrogens with one attached hydrogen (secondary N) is 1. The smallest absolute Gasteiger partial charge is 0.435 e. The summed E-state index contributed by atoms with van der Waals surface area (Å²) in [7, 11) is 0. The number of hydrogen-bond donors (Lipinski definition) is 1. The molecule has 0 saturated heterocycles. The van der Waals surface area contributed by atoms with Crippen molar-refractivity contribution < 1.29 is 45.1 Å². The van der Waals surface area contributed by atoms with Crippen molar-refractivity contribution in [3.05, 3.63) is 92.9 Å². The fraction of sp³-hybridized carbons (Fsp3) is 0.240. The highest BCUT2D eigenvalue weighted by Crippen LogP contribution is 2.54. The maximum absolute atomic E-state index is 14.4. The van der Waals surface area contributed by atoms with Gasteiger partial charge in [-0.3, -0.25) is 9.59 Å². The zero-order valence-electron chi connectivity index (χ0n) is 20.2. The van der Waals surface area contributed by atoms with E-state index in [9.17, 15) is 45.5 Å². The van der Waals surface area contributed by atoms with Crippen LogP contribution >= 0.6 is 23.2 Å². The highest BCUT2D eigenvalue weighted by atomic mass is 35.5. The molecule has 2 aromatic carbocycles. The van der Waals surface area contributed by atoms with Crippen molar-refractivity contribution in [2.45, 2.75) is 31.4 Å². The monoisotopic (exact) mass is 611 g/mol. The summed E-state index contributed by atoms with van der Waals surface area (Å²) in [6.07, 6.45) is -10.0. The largest absolute Gasteiger partial charge is 0.619 e. The van der Waals surface area contributed by atoms with Gasteiger partial charge >= 0.3 is 18.0 Å². The number of aromatic nitrogens is 1. The number of nitrogens with zero attached hydrogens (tertiary/aromatic N) is 2. The third-order valence-electron chi connectivity index (χ3n) is 5.59. The minimum atomic E-state index is -6.39. The zero-order chi connectivity index (χ0) is 30.0. The van der Waals surface area contributed by atoms with Gasteiger partial charge in [0.25, 0.3) is 11.8 Å². The van der Waals surface area contributed by atoms with Crippen LogP contribution in [0.15, 0.2) is 60.9 Å². The standard InChI is InChI=1S/C25H18Cl2F7N3O3/c1-2-8-37(22(39)15-6-4-9-36(40)13-15)17-7-3-5-14(10-17)21(38)35-20-18(26)11-16(12-19(20)27)23(28,24(29,30)31)25(32,33)34/h3-7,9-13H,2,8H2,1H3,(H,35,38). The minimum Gasteiger partial charge on any atom is -0.619 e. The highest BCUT2D eigenvalue weighted by Gasteiger charge is 2.73. The van der Waals surface area contributed by atoms with E-state index in [-0.39, 0.29) is 35.5 Å². The number of benzene rings is 2. The van der Waals surface area contributed by atoms with Gasteiger partial charge in [0.05, 0.1) is 15.7 Å². The molecule has 214 valence electrons. The average Bonchev–Trinajstić information content (AvgIpc) is 2.87. The summed E-state index contributed by atoms with van der Waals surface area (Å²) < 4.78 is 93.7. The van der Waals surface area contributed by atoms with E-state index in [0.717, 1.165) is 6.20 Å². The maximum Gasteiger partial charge on any atom is 0.435 e. The van der Waals surface area contributed by atoms with Crippen LogP contribution in [0.3, 0.4) is 0 Å². The van der Waals surface area contributed by atoms with Gasteiger partial charge in [0.15, 0.2) is 12.4 Å². The van der Waals surface area contributed by atoms with Crippen molar-refractivity contribution in [2.24, 2.45) is 0 Å². The Balaban J connectivity index is 1.94. The molecule has 0 aliphatic rings. The van der Waals surface area contributed by atoms with Gasteiger partial charge < -0.3 is 15.4 Å². The van der Waals surface area contributed by atoms with Crippen molar-refractivity contribution in [2.75, 3.05) is 16.8 Å². The second-order valence-corrected chi connectivity index (χ2v) is 9.20. The fourth-order valence-electron chi connectivity index (χ4n) is 3.69. The van der Waals surface area contributed by atoms with Crippen LogP contribution in [-0.2, 0) is 5.67 Å². The van der Waals surface area contributed by atoms with Gasteiger partial charge in [0, 0.05) is 29.4 Å². The van der Waals surface area contributed by atoms with E-state index in [1.54, 1.807) is 6.92 Å². The first-order valence-corrected chi connectivity index (χ1v) is 12.0. The Morgan fingerprint density at radius 2 is 1.50 bits per heavy atom. The first-order chi connectivity index (χ1) is 18.5. The summed E-state index contributed by atoms with van der Waals surface area (Å²) in [6, 6.07) is 8.45. The van der Waals surface area contributed by atoms with Crippen LogP contribution < -0.4 is 14.9 Å². The molecule has 0 saturated carbocycles. The van der Waals surface area contributed by atoms with E-state index >= 15 is 0 Å². The lowest BCUT2D eigenvalue weighted by Crippen LogP contribution is -2.50. The lowest BCUT2D eigenvalue weighted by Gasteiger charge is -2.30. The molecule has 0 fully saturated rings. The first-order valence-electron chi connectivity index (χ1n) is 11.2. The Morgan fingerprint density at radius 1 is 0.925 bits per heavy atom. The lowest BCUT2D eigenvalue weighted by molar-refractivity contribution is -0.605. The molecule has 15 heteroatoms.